The largest absolute Gasteiger partial charge is 0.369 e. The molecule has 0 aliphatic carbocycles. The van der Waals surface area contributed by atoms with Crippen LogP contribution in [0, 0.1) is 22.7 Å². The normalized spacial score (nSPS) is 15.5. The molecule has 3 aromatic rings. The van der Waals surface area contributed by atoms with E-state index >= 15 is 0 Å². The lowest BCUT2D eigenvalue weighted by molar-refractivity contribution is 0.245. The van der Waals surface area contributed by atoms with Crippen LogP contribution in [0.3, 0.4) is 0 Å². The summed E-state index contributed by atoms with van der Waals surface area (Å²) in [6, 6.07) is 13.9. The molecule has 0 saturated carbocycles. The van der Waals surface area contributed by atoms with E-state index < -0.39 is 16.1 Å². The fourth-order valence-electron chi connectivity index (χ4n) is 3.15. The maximum absolute atomic E-state index is 12.0. The molecule has 4 rings (SSSR count). The third kappa shape index (κ3) is 3.39. The second-order valence-corrected chi connectivity index (χ2v) is 8.28. The van der Waals surface area contributed by atoms with Crippen molar-refractivity contribution in [2.45, 2.75) is 11.1 Å². The molecule has 0 saturated heterocycles. The van der Waals surface area contributed by atoms with Crippen LogP contribution in [0.5, 0.6) is 0 Å². The van der Waals surface area contributed by atoms with Gasteiger partial charge in [0.15, 0.2) is 6.23 Å². The van der Waals surface area contributed by atoms with Crippen molar-refractivity contribution in [2.24, 2.45) is 0 Å². The molecule has 8 heteroatoms. The lowest BCUT2D eigenvalue weighted by Gasteiger charge is -2.14. The van der Waals surface area contributed by atoms with Crippen LogP contribution in [-0.2, 0) is 9.84 Å². The van der Waals surface area contributed by atoms with Gasteiger partial charge in [-0.2, -0.15) is 10.5 Å². The van der Waals surface area contributed by atoms with Crippen LogP contribution < -0.4 is 5.32 Å². The number of aliphatic hydroxyl groups is 1. The van der Waals surface area contributed by atoms with Crippen LogP contribution in [0.2, 0.25) is 0 Å². The fourth-order valence-corrected chi connectivity index (χ4v) is 4.38. The van der Waals surface area contributed by atoms with E-state index in [-0.39, 0.29) is 10.5 Å². The standard InChI is InChI=1S/C21H14N4O3S/c22-10-13-1-4-19-18(7-13)16(12-24-19)8-15(11-23)21(26)25-17-3-2-14-5-6-29(27,28)20(14)9-17/h1-9,12,21,24-26H/b15-8+. The van der Waals surface area contributed by atoms with E-state index in [0.717, 1.165) is 16.3 Å². The molecule has 0 fully saturated rings. The molecule has 1 aromatic heterocycles. The van der Waals surface area contributed by atoms with Crippen molar-refractivity contribution in [3.8, 4) is 12.1 Å². The Balaban J connectivity index is 1.64. The number of nitriles is 2. The highest BCUT2D eigenvalue weighted by molar-refractivity contribution is 7.94. The molecule has 7 nitrogen and oxygen atoms in total. The number of nitrogens with zero attached hydrogens (tertiary/aromatic N) is 2. The number of hydrogen-bond donors (Lipinski definition) is 3. The zero-order valence-electron chi connectivity index (χ0n) is 14.9. The van der Waals surface area contributed by atoms with Crippen molar-refractivity contribution in [3.05, 3.63) is 70.3 Å². The highest BCUT2D eigenvalue weighted by Gasteiger charge is 2.21. The first-order valence-electron chi connectivity index (χ1n) is 8.56. The van der Waals surface area contributed by atoms with Crippen molar-refractivity contribution in [1.29, 1.82) is 10.5 Å². The molecule has 2 heterocycles. The summed E-state index contributed by atoms with van der Waals surface area (Å²) in [5.41, 5.74) is 2.91. The van der Waals surface area contributed by atoms with Gasteiger partial charge in [-0.15, -0.1) is 0 Å². The minimum absolute atomic E-state index is 0.0368. The summed E-state index contributed by atoms with van der Waals surface area (Å²) < 4.78 is 24.0. The lowest BCUT2D eigenvalue weighted by atomic mass is 10.1. The summed E-state index contributed by atoms with van der Waals surface area (Å²) >= 11 is 0. The Morgan fingerprint density at radius 3 is 2.79 bits per heavy atom. The number of anilines is 1. The number of rotatable bonds is 4. The van der Waals surface area contributed by atoms with Gasteiger partial charge in [0.1, 0.15) is 0 Å². The van der Waals surface area contributed by atoms with E-state index in [1.165, 1.54) is 18.2 Å². The van der Waals surface area contributed by atoms with E-state index in [1.807, 2.05) is 6.07 Å². The monoisotopic (exact) mass is 402 g/mol. The number of aromatic amines is 1. The van der Waals surface area contributed by atoms with Crippen molar-refractivity contribution in [3.63, 3.8) is 0 Å². The highest BCUT2D eigenvalue weighted by Crippen LogP contribution is 2.30. The highest BCUT2D eigenvalue weighted by atomic mass is 32.2. The Bertz CT molecular complexity index is 1390. The van der Waals surface area contributed by atoms with Crippen molar-refractivity contribution >= 4 is 38.6 Å². The zero-order chi connectivity index (χ0) is 20.6. The number of H-pyrrole nitrogens is 1. The van der Waals surface area contributed by atoms with Crippen LogP contribution in [0.4, 0.5) is 5.69 Å². The quantitative estimate of drug-likeness (QED) is 0.454. The Morgan fingerprint density at radius 1 is 1.21 bits per heavy atom. The molecule has 0 spiro atoms. The number of nitrogens with one attached hydrogen (secondary N) is 2. The van der Waals surface area contributed by atoms with E-state index in [2.05, 4.69) is 16.4 Å². The van der Waals surface area contributed by atoms with Gasteiger partial charge in [0.2, 0.25) is 9.84 Å². The number of aromatic nitrogens is 1. The summed E-state index contributed by atoms with van der Waals surface area (Å²) in [5.74, 6) is 0. The number of fused-ring (bicyclic) bond motifs is 2. The van der Waals surface area contributed by atoms with Crippen molar-refractivity contribution < 1.29 is 13.5 Å². The smallest absolute Gasteiger partial charge is 0.200 e. The fraction of sp³-hybridized carbons (Fsp3) is 0.0476. The topological polar surface area (TPSA) is 130 Å². The molecule has 1 unspecified atom stereocenters. The van der Waals surface area contributed by atoms with Gasteiger partial charge in [-0.1, -0.05) is 6.07 Å². The summed E-state index contributed by atoms with van der Waals surface area (Å²) in [5, 5.41) is 33.7. The molecular weight excluding hydrogens is 388 g/mol. The van der Waals surface area contributed by atoms with E-state index in [4.69, 9.17) is 5.26 Å². The summed E-state index contributed by atoms with van der Waals surface area (Å²) in [6.07, 6.45) is 3.37. The minimum atomic E-state index is -3.47. The molecular formula is C21H14N4O3S. The molecule has 0 bridgehead atoms. The van der Waals surface area contributed by atoms with Crippen molar-refractivity contribution in [2.75, 3.05) is 5.32 Å². The molecule has 2 aromatic carbocycles. The molecule has 29 heavy (non-hydrogen) atoms. The van der Waals surface area contributed by atoms with E-state index in [0.29, 0.717) is 22.4 Å². The molecule has 142 valence electrons. The molecule has 0 radical (unpaired) electrons. The van der Waals surface area contributed by atoms with Gasteiger partial charge < -0.3 is 15.4 Å². The van der Waals surface area contributed by atoms with Gasteiger partial charge in [-0.3, -0.25) is 0 Å². The van der Waals surface area contributed by atoms with Crippen LogP contribution in [0.15, 0.2) is 58.5 Å². The summed E-state index contributed by atoms with van der Waals surface area (Å²) in [6.45, 7) is 0. The first kappa shape index (κ1) is 18.5. The average Bonchev–Trinajstić information content (AvgIpc) is 3.25. The summed E-state index contributed by atoms with van der Waals surface area (Å²) in [7, 11) is -3.47. The van der Waals surface area contributed by atoms with E-state index in [9.17, 15) is 18.8 Å². The minimum Gasteiger partial charge on any atom is -0.369 e. The first-order chi connectivity index (χ1) is 13.9. The third-order valence-electron chi connectivity index (χ3n) is 4.63. The third-order valence-corrected chi connectivity index (χ3v) is 6.09. The number of aliphatic hydroxyl groups excluding tert-OH is 1. The Hall–Kier alpha value is -3.85. The summed E-state index contributed by atoms with van der Waals surface area (Å²) in [4.78, 5) is 3.21. The second kappa shape index (κ2) is 6.95. The Kier molecular flexibility index (Phi) is 4.44. The zero-order valence-corrected chi connectivity index (χ0v) is 15.7. The average molecular weight is 402 g/mol. The predicted octanol–water partition coefficient (Wildman–Crippen LogP) is 3.14. The maximum atomic E-state index is 12.0. The number of benzene rings is 2. The molecule has 1 aliphatic rings. The lowest BCUT2D eigenvalue weighted by Crippen LogP contribution is -2.20. The van der Waals surface area contributed by atoms with Gasteiger partial charge in [0.25, 0.3) is 0 Å². The van der Waals surface area contributed by atoms with Gasteiger partial charge in [0, 0.05) is 33.8 Å². The van der Waals surface area contributed by atoms with Gasteiger partial charge >= 0.3 is 0 Å². The van der Waals surface area contributed by atoms with Gasteiger partial charge in [-0.25, -0.2) is 8.42 Å². The maximum Gasteiger partial charge on any atom is 0.200 e. The van der Waals surface area contributed by atoms with Crippen LogP contribution >= 0.6 is 0 Å². The first-order valence-corrected chi connectivity index (χ1v) is 10.1. The Labute approximate surface area is 166 Å². The van der Waals surface area contributed by atoms with Crippen LogP contribution in [0.1, 0.15) is 16.7 Å². The van der Waals surface area contributed by atoms with Gasteiger partial charge in [-0.05, 0) is 48.0 Å². The van der Waals surface area contributed by atoms with Gasteiger partial charge in [0.05, 0.1) is 28.2 Å². The molecule has 1 aliphatic heterocycles. The Morgan fingerprint density at radius 2 is 2.03 bits per heavy atom. The molecule has 1 atom stereocenters. The predicted molar refractivity (Wildman–Crippen MR) is 109 cm³/mol. The molecule has 0 amide bonds. The van der Waals surface area contributed by atoms with Crippen LogP contribution in [-0.4, -0.2) is 24.7 Å². The molecule has 3 N–H and O–H groups in total. The SMILES string of the molecule is N#C/C(=C\c1c[nH]c2ccc(C#N)cc12)C(O)Nc1ccc2c(c1)S(=O)(=O)C=C2. The number of sulfone groups is 1. The number of hydrogen-bond acceptors (Lipinski definition) is 6. The van der Waals surface area contributed by atoms with Crippen LogP contribution in [0.25, 0.3) is 23.1 Å². The van der Waals surface area contributed by atoms with Crippen molar-refractivity contribution in [1.82, 2.24) is 4.98 Å². The van der Waals surface area contributed by atoms with E-state index in [1.54, 1.807) is 36.5 Å². The second-order valence-electron chi connectivity index (χ2n) is 6.47.